The molecule has 0 N–H and O–H groups in total. The minimum Gasteiger partial charge on any atom is -0.300 e. The molecule has 3 nitrogen and oxygen atoms in total. The fourth-order valence-electron chi connectivity index (χ4n) is 1.58. The maximum absolute atomic E-state index is 11.0. The van der Waals surface area contributed by atoms with Crippen molar-refractivity contribution in [1.82, 2.24) is 0 Å². The summed E-state index contributed by atoms with van der Waals surface area (Å²) in [6.07, 6.45) is 0.468. The number of hydrogen-bond acceptors (Lipinski definition) is 3. The first-order chi connectivity index (χ1) is 8.74. The van der Waals surface area contributed by atoms with Gasteiger partial charge in [0.05, 0.1) is 11.4 Å². The number of carbonyl (C=O) groups excluding carboxylic acids is 1. The topological polar surface area (TPSA) is 41.8 Å². The molecule has 0 radical (unpaired) electrons. The Bertz CT molecular complexity index is 544. The number of hydrogen-bond donors (Lipinski definition) is 0. The number of Topliss-reactive ketones (excluding diaryl/α,β-unsaturated/α-hetero) is 1. The average molecular weight is 238 g/mol. The third kappa shape index (κ3) is 3.63. The van der Waals surface area contributed by atoms with Gasteiger partial charge in [0.1, 0.15) is 5.78 Å². The second-order valence-electron chi connectivity index (χ2n) is 4.08. The Kier molecular flexibility index (Phi) is 3.97. The molecule has 0 aliphatic heterocycles. The smallest absolute Gasteiger partial charge is 0.134 e. The number of rotatable bonds is 4. The first-order valence-electron chi connectivity index (χ1n) is 5.79. The number of carbonyl (C=O) groups is 1. The van der Waals surface area contributed by atoms with Gasteiger partial charge in [0.25, 0.3) is 0 Å². The van der Waals surface area contributed by atoms with Gasteiger partial charge in [-0.3, -0.25) is 4.79 Å². The lowest BCUT2D eigenvalue weighted by Gasteiger charge is -1.97. The zero-order valence-electron chi connectivity index (χ0n) is 10.2. The van der Waals surface area contributed by atoms with Crippen LogP contribution in [0.25, 0.3) is 0 Å². The third-order valence-electron chi connectivity index (χ3n) is 2.43. The molecule has 0 amide bonds. The molecule has 2 aromatic rings. The van der Waals surface area contributed by atoms with Gasteiger partial charge in [0.2, 0.25) is 0 Å². The van der Waals surface area contributed by atoms with Crippen LogP contribution in [0.4, 0.5) is 11.4 Å². The summed E-state index contributed by atoms with van der Waals surface area (Å²) >= 11 is 0. The summed E-state index contributed by atoms with van der Waals surface area (Å²) in [5.74, 6) is 0.161. The van der Waals surface area contributed by atoms with Gasteiger partial charge < -0.3 is 0 Å². The van der Waals surface area contributed by atoms with E-state index in [1.54, 1.807) is 6.92 Å². The zero-order chi connectivity index (χ0) is 12.8. The number of azo groups is 1. The minimum absolute atomic E-state index is 0.161. The summed E-state index contributed by atoms with van der Waals surface area (Å²) in [7, 11) is 0. The quantitative estimate of drug-likeness (QED) is 0.735. The van der Waals surface area contributed by atoms with E-state index in [2.05, 4.69) is 10.2 Å². The Morgan fingerprint density at radius 2 is 1.44 bits per heavy atom. The van der Waals surface area contributed by atoms with Crippen molar-refractivity contribution in [2.45, 2.75) is 13.3 Å². The maximum Gasteiger partial charge on any atom is 0.134 e. The van der Waals surface area contributed by atoms with Crippen molar-refractivity contribution in [3.63, 3.8) is 0 Å². The van der Waals surface area contributed by atoms with Crippen LogP contribution in [0.2, 0.25) is 0 Å². The van der Waals surface area contributed by atoms with Crippen molar-refractivity contribution in [2.75, 3.05) is 0 Å². The summed E-state index contributed by atoms with van der Waals surface area (Å²) in [4.78, 5) is 11.0. The summed E-state index contributed by atoms with van der Waals surface area (Å²) in [6, 6.07) is 17.1. The molecule has 0 atom stereocenters. The van der Waals surface area contributed by atoms with Gasteiger partial charge in [-0.15, -0.1) is 0 Å². The molecule has 0 heterocycles. The van der Waals surface area contributed by atoms with Crippen LogP contribution in [0.1, 0.15) is 12.5 Å². The van der Waals surface area contributed by atoms with Crippen LogP contribution in [-0.4, -0.2) is 5.78 Å². The van der Waals surface area contributed by atoms with E-state index >= 15 is 0 Å². The number of nitrogens with zero attached hydrogens (tertiary/aromatic N) is 2. The number of benzene rings is 2. The molecule has 18 heavy (non-hydrogen) atoms. The van der Waals surface area contributed by atoms with Crippen molar-refractivity contribution >= 4 is 17.2 Å². The van der Waals surface area contributed by atoms with Crippen molar-refractivity contribution < 1.29 is 4.79 Å². The summed E-state index contributed by atoms with van der Waals surface area (Å²) in [5.41, 5.74) is 2.61. The summed E-state index contributed by atoms with van der Waals surface area (Å²) in [5, 5.41) is 8.26. The van der Waals surface area contributed by atoms with Gasteiger partial charge in [0.15, 0.2) is 0 Å². The van der Waals surface area contributed by atoms with Crippen molar-refractivity contribution in [3.05, 3.63) is 60.2 Å². The van der Waals surface area contributed by atoms with E-state index in [0.717, 1.165) is 16.9 Å². The SMILES string of the molecule is CC(=O)Cc1ccc(N=Nc2ccccc2)cc1. The molecule has 90 valence electrons. The standard InChI is InChI=1S/C15H14N2O/c1-12(18)11-13-7-9-15(10-8-13)17-16-14-5-3-2-4-6-14/h2-10H,11H2,1H3. The van der Waals surface area contributed by atoms with Crippen molar-refractivity contribution in [1.29, 1.82) is 0 Å². The first kappa shape index (κ1) is 12.2. The fraction of sp³-hybridized carbons (Fsp3) is 0.133. The molecule has 0 unspecified atom stereocenters. The Labute approximate surface area is 106 Å². The Hall–Kier alpha value is -2.29. The van der Waals surface area contributed by atoms with Crippen LogP contribution in [0.15, 0.2) is 64.8 Å². The highest BCUT2D eigenvalue weighted by Gasteiger charge is 1.97. The van der Waals surface area contributed by atoms with Gasteiger partial charge in [-0.05, 0) is 36.8 Å². The van der Waals surface area contributed by atoms with Crippen LogP contribution in [-0.2, 0) is 11.2 Å². The van der Waals surface area contributed by atoms with Crippen LogP contribution in [0.3, 0.4) is 0 Å². The van der Waals surface area contributed by atoms with E-state index in [1.807, 2.05) is 54.6 Å². The third-order valence-corrected chi connectivity index (χ3v) is 2.43. The molecular weight excluding hydrogens is 224 g/mol. The second-order valence-corrected chi connectivity index (χ2v) is 4.08. The lowest BCUT2D eigenvalue weighted by Crippen LogP contribution is -1.94. The molecule has 0 bridgehead atoms. The van der Waals surface area contributed by atoms with Crippen LogP contribution in [0.5, 0.6) is 0 Å². The molecule has 0 spiro atoms. The predicted molar refractivity (Wildman–Crippen MR) is 71.4 cm³/mol. The summed E-state index contributed by atoms with van der Waals surface area (Å²) < 4.78 is 0. The van der Waals surface area contributed by atoms with Gasteiger partial charge in [0, 0.05) is 6.42 Å². The van der Waals surface area contributed by atoms with Crippen LogP contribution in [0, 0.1) is 0 Å². The van der Waals surface area contributed by atoms with Crippen LogP contribution >= 0.6 is 0 Å². The zero-order valence-corrected chi connectivity index (χ0v) is 10.2. The van der Waals surface area contributed by atoms with E-state index in [9.17, 15) is 4.79 Å². The van der Waals surface area contributed by atoms with E-state index in [0.29, 0.717) is 6.42 Å². The minimum atomic E-state index is 0.161. The van der Waals surface area contributed by atoms with E-state index in [4.69, 9.17) is 0 Å². The molecule has 0 saturated carbocycles. The highest BCUT2D eigenvalue weighted by atomic mass is 16.1. The largest absolute Gasteiger partial charge is 0.300 e. The first-order valence-corrected chi connectivity index (χ1v) is 5.79. The Morgan fingerprint density at radius 3 is 2.00 bits per heavy atom. The van der Waals surface area contributed by atoms with E-state index in [-0.39, 0.29) is 5.78 Å². The Morgan fingerprint density at radius 1 is 0.889 bits per heavy atom. The van der Waals surface area contributed by atoms with E-state index < -0.39 is 0 Å². The lowest BCUT2D eigenvalue weighted by atomic mass is 10.1. The molecular formula is C15H14N2O. The molecule has 2 aromatic carbocycles. The molecule has 0 aromatic heterocycles. The average Bonchev–Trinajstić information content (AvgIpc) is 2.38. The fourth-order valence-corrected chi connectivity index (χ4v) is 1.58. The normalized spacial score (nSPS) is 10.7. The highest BCUT2D eigenvalue weighted by molar-refractivity contribution is 5.78. The molecule has 2 rings (SSSR count). The molecule has 3 heteroatoms. The molecule has 0 aliphatic rings. The molecule has 0 saturated heterocycles. The van der Waals surface area contributed by atoms with Crippen molar-refractivity contribution in [3.8, 4) is 0 Å². The highest BCUT2D eigenvalue weighted by Crippen LogP contribution is 2.18. The van der Waals surface area contributed by atoms with Crippen molar-refractivity contribution in [2.24, 2.45) is 10.2 Å². The molecule has 0 aliphatic carbocycles. The summed E-state index contributed by atoms with van der Waals surface area (Å²) in [6.45, 7) is 1.59. The van der Waals surface area contributed by atoms with Gasteiger partial charge in [-0.2, -0.15) is 10.2 Å². The van der Waals surface area contributed by atoms with Gasteiger partial charge in [-0.25, -0.2) is 0 Å². The predicted octanol–water partition coefficient (Wildman–Crippen LogP) is 4.23. The van der Waals surface area contributed by atoms with Crippen LogP contribution < -0.4 is 0 Å². The Balaban J connectivity index is 2.06. The lowest BCUT2D eigenvalue weighted by molar-refractivity contribution is -0.116. The number of ketones is 1. The second kappa shape index (κ2) is 5.87. The van der Waals surface area contributed by atoms with Gasteiger partial charge >= 0.3 is 0 Å². The monoisotopic (exact) mass is 238 g/mol. The van der Waals surface area contributed by atoms with Gasteiger partial charge in [-0.1, -0.05) is 30.3 Å². The maximum atomic E-state index is 11.0. The van der Waals surface area contributed by atoms with E-state index in [1.165, 1.54) is 0 Å². The molecule has 0 fully saturated rings.